The van der Waals surface area contributed by atoms with Crippen molar-refractivity contribution in [1.29, 1.82) is 0 Å². The average molecular weight is 388 g/mol. The van der Waals surface area contributed by atoms with Crippen LogP contribution in [0.25, 0.3) is 0 Å². The molecular formula is C24H24N2O3. The summed E-state index contributed by atoms with van der Waals surface area (Å²) in [6, 6.07) is 13.7. The van der Waals surface area contributed by atoms with E-state index in [4.69, 9.17) is 0 Å². The molecule has 0 bridgehead atoms. The molecule has 3 amide bonds. The lowest BCUT2D eigenvalue weighted by Crippen LogP contribution is -2.44. The maximum Gasteiger partial charge on any atom is 0.266 e. The van der Waals surface area contributed by atoms with Crippen molar-refractivity contribution in [3.05, 3.63) is 65.2 Å². The van der Waals surface area contributed by atoms with Crippen LogP contribution in [0.4, 0.5) is 5.69 Å². The fraction of sp³-hybridized carbons (Fsp3) is 0.375. The number of hydrogen-bond acceptors (Lipinski definition) is 3. The van der Waals surface area contributed by atoms with E-state index in [1.54, 1.807) is 48.5 Å². The maximum absolute atomic E-state index is 13.0. The molecule has 29 heavy (non-hydrogen) atoms. The summed E-state index contributed by atoms with van der Waals surface area (Å²) in [5, 5.41) is 0. The molecule has 2 fully saturated rings. The van der Waals surface area contributed by atoms with Crippen LogP contribution in [0.1, 0.15) is 63.2 Å². The van der Waals surface area contributed by atoms with Gasteiger partial charge in [0, 0.05) is 18.7 Å². The van der Waals surface area contributed by atoms with Crippen LogP contribution in [-0.2, 0) is 0 Å². The van der Waals surface area contributed by atoms with Crippen LogP contribution in [0, 0.1) is 11.8 Å². The fourth-order valence-corrected chi connectivity index (χ4v) is 5.14. The Kier molecular flexibility index (Phi) is 4.46. The largest absolute Gasteiger partial charge is 0.338 e. The van der Waals surface area contributed by atoms with Gasteiger partial charge in [0.25, 0.3) is 17.7 Å². The highest BCUT2D eigenvalue weighted by atomic mass is 16.2. The average Bonchev–Trinajstić information content (AvgIpc) is 3.03. The summed E-state index contributed by atoms with van der Waals surface area (Å²) in [4.78, 5) is 41.4. The van der Waals surface area contributed by atoms with Crippen molar-refractivity contribution in [2.45, 2.75) is 32.1 Å². The Balaban J connectivity index is 1.33. The van der Waals surface area contributed by atoms with E-state index in [-0.39, 0.29) is 17.7 Å². The normalized spacial score (nSPS) is 23.7. The first-order valence-electron chi connectivity index (χ1n) is 10.5. The first-order chi connectivity index (χ1) is 14.1. The van der Waals surface area contributed by atoms with E-state index in [0.29, 0.717) is 28.3 Å². The Labute approximate surface area is 170 Å². The van der Waals surface area contributed by atoms with E-state index < -0.39 is 0 Å². The molecule has 5 nitrogen and oxygen atoms in total. The molecule has 5 rings (SSSR count). The van der Waals surface area contributed by atoms with E-state index in [0.717, 1.165) is 25.4 Å². The summed E-state index contributed by atoms with van der Waals surface area (Å²) in [7, 11) is 0. The van der Waals surface area contributed by atoms with Gasteiger partial charge in [-0.25, -0.2) is 4.90 Å². The van der Waals surface area contributed by atoms with Gasteiger partial charge < -0.3 is 4.90 Å². The summed E-state index contributed by atoms with van der Waals surface area (Å²) in [6.07, 6.45) is 6.24. The van der Waals surface area contributed by atoms with Crippen LogP contribution in [0.15, 0.2) is 48.5 Å². The first-order valence-corrected chi connectivity index (χ1v) is 10.5. The number of piperidine rings is 1. The van der Waals surface area contributed by atoms with Gasteiger partial charge in [-0.3, -0.25) is 14.4 Å². The third-order valence-corrected chi connectivity index (χ3v) is 6.74. The summed E-state index contributed by atoms with van der Waals surface area (Å²) in [5.41, 5.74) is 1.96. The Hall–Kier alpha value is -2.95. The lowest BCUT2D eigenvalue weighted by Gasteiger charge is -2.41. The van der Waals surface area contributed by atoms with Crippen molar-refractivity contribution < 1.29 is 14.4 Å². The SMILES string of the molecule is O=C(c1ccc(N2C(=O)c3ccccc3C2=O)cc1)N1CC[C@@H]2CCCC[C@@H]2C1. The second kappa shape index (κ2) is 7.14. The zero-order chi connectivity index (χ0) is 20.0. The van der Waals surface area contributed by atoms with Gasteiger partial charge in [-0.15, -0.1) is 0 Å². The Morgan fingerprint density at radius 1 is 0.793 bits per heavy atom. The predicted octanol–water partition coefficient (Wildman–Crippen LogP) is 4.14. The molecule has 2 aliphatic heterocycles. The van der Waals surface area contributed by atoms with E-state index in [1.807, 2.05) is 4.90 Å². The molecule has 1 aliphatic carbocycles. The Morgan fingerprint density at radius 2 is 1.41 bits per heavy atom. The summed E-state index contributed by atoms with van der Waals surface area (Å²) >= 11 is 0. The number of amides is 3. The molecule has 0 aromatic heterocycles. The number of imide groups is 1. The highest BCUT2D eigenvalue weighted by Gasteiger charge is 2.37. The minimum absolute atomic E-state index is 0.0444. The number of fused-ring (bicyclic) bond motifs is 2. The predicted molar refractivity (Wildman–Crippen MR) is 110 cm³/mol. The lowest BCUT2D eigenvalue weighted by molar-refractivity contribution is 0.0521. The van der Waals surface area contributed by atoms with Gasteiger partial charge in [-0.2, -0.15) is 0 Å². The van der Waals surface area contributed by atoms with Crippen LogP contribution < -0.4 is 4.90 Å². The number of rotatable bonds is 2. The standard InChI is InChI=1S/C24H24N2O3/c27-22(25-14-13-16-5-1-2-6-18(16)15-25)17-9-11-19(12-10-17)26-23(28)20-7-3-4-8-21(20)24(26)29/h3-4,7-12,16,18H,1-2,5-6,13-15H2/t16-,18+/m0/s1. The summed E-state index contributed by atoms with van der Waals surface area (Å²) in [6.45, 7) is 1.67. The Bertz CT molecular complexity index is 947. The monoisotopic (exact) mass is 388 g/mol. The van der Waals surface area contributed by atoms with Gasteiger partial charge in [0.05, 0.1) is 16.8 Å². The fourth-order valence-electron chi connectivity index (χ4n) is 5.14. The van der Waals surface area contributed by atoms with Crippen LogP contribution in [-0.4, -0.2) is 35.7 Å². The van der Waals surface area contributed by atoms with E-state index in [2.05, 4.69) is 0 Å². The molecule has 0 radical (unpaired) electrons. The van der Waals surface area contributed by atoms with Crippen molar-refractivity contribution in [1.82, 2.24) is 4.90 Å². The molecule has 0 unspecified atom stereocenters. The molecular weight excluding hydrogens is 364 g/mol. The van der Waals surface area contributed by atoms with Gasteiger partial charge >= 0.3 is 0 Å². The summed E-state index contributed by atoms with van der Waals surface area (Å²) in [5.74, 6) is 0.832. The van der Waals surface area contributed by atoms with Gasteiger partial charge in [0.1, 0.15) is 0 Å². The number of likely N-dealkylation sites (tertiary alicyclic amines) is 1. The van der Waals surface area contributed by atoms with E-state index in [9.17, 15) is 14.4 Å². The van der Waals surface area contributed by atoms with Gasteiger partial charge in [0.2, 0.25) is 0 Å². The molecule has 3 aliphatic rings. The zero-order valence-corrected chi connectivity index (χ0v) is 16.3. The van der Waals surface area contributed by atoms with Gasteiger partial charge in [0.15, 0.2) is 0 Å². The molecule has 2 aromatic carbocycles. The van der Waals surface area contributed by atoms with Gasteiger partial charge in [-0.1, -0.05) is 31.4 Å². The second-order valence-corrected chi connectivity index (χ2v) is 8.38. The highest BCUT2D eigenvalue weighted by molar-refractivity contribution is 6.34. The van der Waals surface area contributed by atoms with Crippen molar-refractivity contribution in [3.63, 3.8) is 0 Å². The highest BCUT2D eigenvalue weighted by Crippen LogP contribution is 2.36. The molecule has 0 N–H and O–H groups in total. The number of carbonyl (C=O) groups excluding carboxylic acids is 3. The molecule has 0 spiro atoms. The molecule has 2 aromatic rings. The van der Waals surface area contributed by atoms with Crippen molar-refractivity contribution in [3.8, 4) is 0 Å². The molecule has 5 heteroatoms. The molecule has 1 saturated carbocycles. The van der Waals surface area contributed by atoms with Gasteiger partial charge in [-0.05, 0) is 61.1 Å². The van der Waals surface area contributed by atoms with Crippen LogP contribution in [0.2, 0.25) is 0 Å². The zero-order valence-electron chi connectivity index (χ0n) is 16.3. The summed E-state index contributed by atoms with van der Waals surface area (Å²) < 4.78 is 0. The number of benzene rings is 2. The number of nitrogens with zero attached hydrogens (tertiary/aromatic N) is 2. The van der Waals surface area contributed by atoms with E-state index in [1.165, 1.54) is 30.6 Å². The van der Waals surface area contributed by atoms with E-state index >= 15 is 0 Å². The lowest BCUT2D eigenvalue weighted by atomic mass is 9.75. The third kappa shape index (κ3) is 3.05. The molecule has 1 saturated heterocycles. The molecule has 2 atom stereocenters. The quantitative estimate of drug-likeness (QED) is 0.727. The van der Waals surface area contributed by atoms with Crippen LogP contribution in [0.3, 0.4) is 0 Å². The first kappa shape index (κ1) is 18.1. The molecule has 2 heterocycles. The smallest absolute Gasteiger partial charge is 0.266 e. The minimum Gasteiger partial charge on any atom is -0.338 e. The second-order valence-electron chi connectivity index (χ2n) is 8.38. The van der Waals surface area contributed by atoms with Crippen molar-refractivity contribution >= 4 is 23.4 Å². The third-order valence-electron chi connectivity index (χ3n) is 6.74. The van der Waals surface area contributed by atoms with Crippen LogP contribution in [0.5, 0.6) is 0 Å². The Morgan fingerprint density at radius 3 is 2.07 bits per heavy atom. The number of carbonyl (C=O) groups is 3. The molecule has 148 valence electrons. The number of anilines is 1. The topological polar surface area (TPSA) is 57.7 Å². The van der Waals surface area contributed by atoms with Crippen LogP contribution >= 0.6 is 0 Å². The van der Waals surface area contributed by atoms with Crippen molar-refractivity contribution in [2.75, 3.05) is 18.0 Å². The number of hydrogen-bond donors (Lipinski definition) is 0. The maximum atomic E-state index is 13.0. The van der Waals surface area contributed by atoms with Crippen molar-refractivity contribution in [2.24, 2.45) is 11.8 Å². The minimum atomic E-state index is -0.316.